The van der Waals surface area contributed by atoms with E-state index in [1.54, 1.807) is 0 Å². The van der Waals surface area contributed by atoms with Crippen LogP contribution in [0.15, 0.2) is 22.8 Å². The minimum atomic E-state index is 0.922. The molecule has 0 rings (SSSR count). The molecule has 1 heteroatoms. The lowest BCUT2D eigenvalue weighted by atomic mass is 10.2. The molecular weight excluding hydrogens is 132 g/mol. The average molecular weight is 145 g/mol. The summed E-state index contributed by atoms with van der Waals surface area (Å²) in [4.78, 5) is 0. The topological polar surface area (TPSA) is 0 Å². The Bertz CT molecular complexity index is 132. The van der Waals surface area contributed by atoms with Crippen molar-refractivity contribution in [3.8, 4) is 0 Å². The lowest BCUT2D eigenvalue weighted by Gasteiger charge is -1.91. The van der Waals surface area contributed by atoms with Crippen molar-refractivity contribution in [3.05, 3.63) is 22.8 Å². The van der Waals surface area contributed by atoms with E-state index in [0.717, 1.165) is 11.5 Å². The van der Waals surface area contributed by atoms with Gasteiger partial charge in [-0.1, -0.05) is 30.2 Å². The molecule has 0 aliphatic heterocycles. The molecule has 0 atom stereocenters. The second kappa shape index (κ2) is 4.63. The van der Waals surface area contributed by atoms with Crippen LogP contribution >= 0.6 is 11.6 Å². The summed E-state index contributed by atoms with van der Waals surface area (Å²) in [7, 11) is 0. The summed E-state index contributed by atoms with van der Waals surface area (Å²) in [6, 6.07) is 0. The van der Waals surface area contributed by atoms with Crippen LogP contribution in [0, 0.1) is 0 Å². The zero-order chi connectivity index (χ0) is 7.28. The van der Waals surface area contributed by atoms with Crippen LogP contribution < -0.4 is 0 Å². The van der Waals surface area contributed by atoms with Crippen LogP contribution in [-0.4, -0.2) is 0 Å². The lowest BCUT2D eigenvalue weighted by Crippen LogP contribution is -1.69. The van der Waals surface area contributed by atoms with Crippen molar-refractivity contribution in [1.82, 2.24) is 0 Å². The Morgan fingerprint density at radius 1 is 1.56 bits per heavy atom. The molecule has 0 bridgehead atoms. The fourth-order valence-corrected chi connectivity index (χ4v) is 0.605. The number of rotatable bonds is 2. The van der Waals surface area contributed by atoms with E-state index in [1.807, 2.05) is 32.9 Å². The van der Waals surface area contributed by atoms with Crippen molar-refractivity contribution in [2.24, 2.45) is 0 Å². The Morgan fingerprint density at radius 3 is 2.44 bits per heavy atom. The van der Waals surface area contributed by atoms with Gasteiger partial charge in [0.15, 0.2) is 0 Å². The van der Waals surface area contributed by atoms with Gasteiger partial charge in [-0.25, -0.2) is 0 Å². The maximum absolute atomic E-state index is 5.76. The monoisotopic (exact) mass is 144 g/mol. The van der Waals surface area contributed by atoms with Gasteiger partial charge in [0.05, 0.1) is 0 Å². The van der Waals surface area contributed by atoms with E-state index in [1.165, 1.54) is 5.57 Å². The molecule has 9 heavy (non-hydrogen) atoms. The van der Waals surface area contributed by atoms with Crippen molar-refractivity contribution in [3.63, 3.8) is 0 Å². The number of allylic oxidation sites excluding steroid dienone is 4. The highest BCUT2D eigenvalue weighted by molar-refractivity contribution is 6.29. The van der Waals surface area contributed by atoms with E-state index in [2.05, 4.69) is 0 Å². The molecule has 0 aromatic rings. The van der Waals surface area contributed by atoms with Gasteiger partial charge >= 0.3 is 0 Å². The summed E-state index contributed by atoms with van der Waals surface area (Å²) >= 11 is 5.76. The van der Waals surface area contributed by atoms with Crippen LogP contribution in [0.4, 0.5) is 0 Å². The smallest absolute Gasteiger partial charge is 0.0180 e. The van der Waals surface area contributed by atoms with E-state index in [4.69, 9.17) is 11.6 Å². The summed E-state index contributed by atoms with van der Waals surface area (Å²) in [5.74, 6) is 0. The first kappa shape index (κ1) is 8.77. The lowest BCUT2D eigenvalue weighted by molar-refractivity contribution is 1.19. The SMILES string of the molecule is C/C=C(C)\C=C(\Cl)CC. The second-order valence-electron chi connectivity index (χ2n) is 1.98. The summed E-state index contributed by atoms with van der Waals surface area (Å²) in [5, 5.41) is 0.922. The van der Waals surface area contributed by atoms with Crippen molar-refractivity contribution in [2.75, 3.05) is 0 Å². The molecule has 0 saturated heterocycles. The molecule has 0 radical (unpaired) electrons. The number of hydrogen-bond acceptors (Lipinski definition) is 0. The van der Waals surface area contributed by atoms with E-state index in [0.29, 0.717) is 0 Å². The Kier molecular flexibility index (Phi) is 4.51. The van der Waals surface area contributed by atoms with Gasteiger partial charge in [-0.05, 0) is 26.3 Å². The number of halogens is 1. The molecule has 0 aliphatic carbocycles. The minimum Gasteiger partial charge on any atom is -0.0892 e. The maximum Gasteiger partial charge on any atom is 0.0180 e. The first-order chi connectivity index (χ1) is 4.20. The van der Waals surface area contributed by atoms with Crippen LogP contribution in [0.3, 0.4) is 0 Å². The molecule has 0 aliphatic rings. The fourth-order valence-electron chi connectivity index (χ4n) is 0.432. The van der Waals surface area contributed by atoms with Crippen LogP contribution in [0.2, 0.25) is 0 Å². The predicted octanol–water partition coefficient (Wildman–Crippen LogP) is 3.49. The van der Waals surface area contributed by atoms with Crippen LogP contribution in [0.1, 0.15) is 27.2 Å². The van der Waals surface area contributed by atoms with Crippen molar-refractivity contribution in [2.45, 2.75) is 27.2 Å². The van der Waals surface area contributed by atoms with Crippen molar-refractivity contribution in [1.29, 1.82) is 0 Å². The quantitative estimate of drug-likeness (QED) is 0.521. The average Bonchev–Trinajstić information content (AvgIpc) is 1.87. The third-order valence-electron chi connectivity index (χ3n) is 1.18. The van der Waals surface area contributed by atoms with E-state index < -0.39 is 0 Å². The molecule has 0 amide bonds. The highest BCUT2D eigenvalue weighted by Gasteiger charge is 1.85. The molecule has 0 N–H and O–H groups in total. The molecule has 0 aromatic heterocycles. The zero-order valence-corrected chi connectivity index (χ0v) is 7.00. The Balaban J connectivity index is 3.95. The molecule has 0 aromatic carbocycles. The normalized spacial score (nSPS) is 14.2. The van der Waals surface area contributed by atoms with E-state index in [9.17, 15) is 0 Å². The van der Waals surface area contributed by atoms with E-state index in [-0.39, 0.29) is 0 Å². The van der Waals surface area contributed by atoms with Crippen molar-refractivity contribution < 1.29 is 0 Å². The van der Waals surface area contributed by atoms with Crippen LogP contribution in [0.5, 0.6) is 0 Å². The highest BCUT2D eigenvalue weighted by atomic mass is 35.5. The molecule has 52 valence electrons. The molecule has 0 spiro atoms. The molecular formula is C8H13Cl. The third-order valence-corrected chi connectivity index (χ3v) is 1.55. The first-order valence-corrected chi connectivity index (χ1v) is 3.57. The summed E-state index contributed by atoms with van der Waals surface area (Å²) in [6.45, 7) is 6.09. The van der Waals surface area contributed by atoms with Gasteiger partial charge in [0.2, 0.25) is 0 Å². The molecule has 0 heterocycles. The zero-order valence-electron chi connectivity index (χ0n) is 6.24. The van der Waals surface area contributed by atoms with Gasteiger partial charge in [0.1, 0.15) is 0 Å². The largest absolute Gasteiger partial charge is 0.0892 e. The fraction of sp³-hybridized carbons (Fsp3) is 0.500. The van der Waals surface area contributed by atoms with Gasteiger partial charge < -0.3 is 0 Å². The summed E-state index contributed by atoms with van der Waals surface area (Å²) in [5.41, 5.74) is 1.22. The first-order valence-electron chi connectivity index (χ1n) is 3.19. The molecule has 0 unspecified atom stereocenters. The van der Waals surface area contributed by atoms with Crippen LogP contribution in [0.25, 0.3) is 0 Å². The van der Waals surface area contributed by atoms with Gasteiger partial charge in [0.25, 0.3) is 0 Å². The van der Waals surface area contributed by atoms with Gasteiger partial charge in [-0.2, -0.15) is 0 Å². The summed E-state index contributed by atoms with van der Waals surface area (Å²) in [6.07, 6.45) is 4.95. The summed E-state index contributed by atoms with van der Waals surface area (Å²) < 4.78 is 0. The predicted molar refractivity (Wildman–Crippen MR) is 43.7 cm³/mol. The van der Waals surface area contributed by atoms with Gasteiger partial charge in [0, 0.05) is 5.03 Å². The molecule has 0 saturated carbocycles. The second-order valence-corrected chi connectivity index (χ2v) is 2.46. The Morgan fingerprint density at radius 2 is 2.11 bits per heavy atom. The Labute approximate surface area is 62.2 Å². The van der Waals surface area contributed by atoms with Crippen molar-refractivity contribution >= 4 is 11.6 Å². The van der Waals surface area contributed by atoms with E-state index >= 15 is 0 Å². The third kappa shape index (κ3) is 4.28. The number of hydrogen-bond donors (Lipinski definition) is 0. The maximum atomic E-state index is 5.76. The van der Waals surface area contributed by atoms with Crippen LogP contribution in [-0.2, 0) is 0 Å². The minimum absolute atomic E-state index is 0.922. The molecule has 0 nitrogen and oxygen atoms in total. The van der Waals surface area contributed by atoms with Gasteiger partial charge in [-0.15, -0.1) is 0 Å². The molecule has 0 fully saturated rings. The highest BCUT2D eigenvalue weighted by Crippen LogP contribution is 2.09. The standard InChI is InChI=1S/C8H13Cl/c1-4-7(3)6-8(9)5-2/h4,6H,5H2,1-3H3/b7-4-,8-6+. The van der Waals surface area contributed by atoms with Gasteiger partial charge in [-0.3, -0.25) is 0 Å². The Hall–Kier alpha value is -0.230.